The van der Waals surface area contributed by atoms with Crippen LogP contribution < -0.4 is 10.1 Å². The van der Waals surface area contributed by atoms with E-state index >= 15 is 0 Å². The van der Waals surface area contributed by atoms with Crippen LogP contribution in [0, 0.1) is 0 Å². The molecule has 0 unspecified atom stereocenters. The second kappa shape index (κ2) is 6.76. The lowest BCUT2D eigenvalue weighted by molar-refractivity contribution is 0.169. The van der Waals surface area contributed by atoms with Gasteiger partial charge in [0.05, 0.1) is 6.61 Å². The van der Waals surface area contributed by atoms with Crippen LogP contribution in [0.15, 0.2) is 24.3 Å². The second-order valence-corrected chi connectivity index (χ2v) is 4.72. The third-order valence-electron chi connectivity index (χ3n) is 3.53. The summed E-state index contributed by atoms with van der Waals surface area (Å²) in [4.78, 5) is 2.57. The summed E-state index contributed by atoms with van der Waals surface area (Å²) in [5.74, 6) is 0.989. The van der Waals surface area contributed by atoms with Gasteiger partial charge in [0.25, 0.3) is 0 Å². The molecular weight excluding hydrogens is 224 g/mol. The van der Waals surface area contributed by atoms with Crippen molar-refractivity contribution in [2.75, 3.05) is 32.8 Å². The Morgan fingerprint density at radius 1 is 1.28 bits per heavy atom. The molecule has 18 heavy (non-hydrogen) atoms. The van der Waals surface area contributed by atoms with Gasteiger partial charge in [-0.05, 0) is 31.0 Å². The molecule has 1 N–H and O–H groups in total. The van der Waals surface area contributed by atoms with Crippen molar-refractivity contribution in [1.29, 1.82) is 0 Å². The predicted octanol–water partition coefficient (Wildman–Crippen LogP) is 2.44. The van der Waals surface area contributed by atoms with Gasteiger partial charge in [-0.2, -0.15) is 0 Å². The molecule has 3 heteroatoms. The number of benzene rings is 1. The van der Waals surface area contributed by atoms with Crippen molar-refractivity contribution in [1.82, 2.24) is 10.2 Å². The molecule has 100 valence electrons. The van der Waals surface area contributed by atoms with E-state index in [1.54, 1.807) is 0 Å². The summed E-state index contributed by atoms with van der Waals surface area (Å²) in [5.41, 5.74) is 1.38. The maximum atomic E-state index is 5.60. The zero-order valence-corrected chi connectivity index (χ0v) is 11.5. The van der Waals surface area contributed by atoms with Crippen molar-refractivity contribution < 1.29 is 4.74 Å². The van der Waals surface area contributed by atoms with Crippen molar-refractivity contribution in [3.8, 4) is 5.75 Å². The van der Waals surface area contributed by atoms with Crippen LogP contribution in [0.1, 0.15) is 31.9 Å². The number of hydrogen-bond donors (Lipinski definition) is 1. The molecule has 3 nitrogen and oxygen atoms in total. The van der Waals surface area contributed by atoms with E-state index in [0.717, 1.165) is 45.0 Å². The molecule has 1 heterocycles. The molecule has 1 aromatic carbocycles. The number of ether oxygens (including phenoxy) is 1. The average molecular weight is 248 g/mol. The van der Waals surface area contributed by atoms with Gasteiger partial charge >= 0.3 is 0 Å². The second-order valence-electron chi connectivity index (χ2n) is 4.72. The summed E-state index contributed by atoms with van der Waals surface area (Å²) in [6.07, 6.45) is 1.15. The molecule has 0 saturated carbocycles. The van der Waals surface area contributed by atoms with Gasteiger partial charge in [0, 0.05) is 32.2 Å². The summed E-state index contributed by atoms with van der Waals surface area (Å²) in [6, 6.07) is 9.08. The minimum atomic E-state index is 0.521. The van der Waals surface area contributed by atoms with Gasteiger partial charge in [0.1, 0.15) is 5.75 Å². The van der Waals surface area contributed by atoms with Crippen molar-refractivity contribution >= 4 is 0 Å². The SMILES string of the molecule is CCOc1cccc([C@H](CC)N2CCNCC2)c1. The van der Waals surface area contributed by atoms with Gasteiger partial charge in [0.15, 0.2) is 0 Å². The molecular formula is C15H24N2O. The highest BCUT2D eigenvalue weighted by Crippen LogP contribution is 2.27. The van der Waals surface area contributed by atoms with Crippen LogP contribution in [0.3, 0.4) is 0 Å². The van der Waals surface area contributed by atoms with Gasteiger partial charge in [-0.3, -0.25) is 4.90 Å². The normalized spacial score (nSPS) is 18.6. The highest BCUT2D eigenvalue weighted by molar-refractivity contribution is 5.30. The van der Waals surface area contributed by atoms with Crippen molar-refractivity contribution in [2.45, 2.75) is 26.3 Å². The summed E-state index contributed by atoms with van der Waals surface area (Å²) in [6.45, 7) is 9.49. The predicted molar refractivity (Wildman–Crippen MR) is 75.1 cm³/mol. The lowest BCUT2D eigenvalue weighted by Gasteiger charge is -2.34. The Hall–Kier alpha value is -1.06. The van der Waals surface area contributed by atoms with E-state index in [1.165, 1.54) is 5.56 Å². The lowest BCUT2D eigenvalue weighted by atomic mass is 10.0. The van der Waals surface area contributed by atoms with Crippen molar-refractivity contribution in [3.63, 3.8) is 0 Å². The number of nitrogens with zero attached hydrogens (tertiary/aromatic N) is 1. The van der Waals surface area contributed by atoms with Crippen LogP contribution in [0.25, 0.3) is 0 Å². The summed E-state index contributed by atoms with van der Waals surface area (Å²) < 4.78 is 5.60. The van der Waals surface area contributed by atoms with E-state index in [1.807, 2.05) is 13.0 Å². The molecule has 2 rings (SSSR count). The molecule has 1 atom stereocenters. The number of nitrogens with one attached hydrogen (secondary N) is 1. The summed E-state index contributed by atoms with van der Waals surface area (Å²) >= 11 is 0. The number of rotatable bonds is 5. The van der Waals surface area contributed by atoms with Crippen LogP contribution in [0.5, 0.6) is 5.75 Å². The first-order chi connectivity index (χ1) is 8.85. The maximum Gasteiger partial charge on any atom is 0.119 e. The van der Waals surface area contributed by atoms with Crippen LogP contribution in [0.4, 0.5) is 0 Å². The van der Waals surface area contributed by atoms with Gasteiger partial charge in [-0.1, -0.05) is 19.1 Å². The Labute approximate surface area is 110 Å². The Balaban J connectivity index is 2.12. The van der Waals surface area contributed by atoms with E-state index < -0.39 is 0 Å². The molecule has 0 aliphatic carbocycles. The first-order valence-electron chi connectivity index (χ1n) is 7.02. The standard InChI is InChI=1S/C15H24N2O/c1-3-15(17-10-8-16-9-11-17)13-6-5-7-14(12-13)18-4-2/h5-7,12,15-16H,3-4,8-11H2,1-2H3/t15-/m0/s1. The van der Waals surface area contributed by atoms with Crippen LogP contribution >= 0.6 is 0 Å². The van der Waals surface area contributed by atoms with E-state index in [4.69, 9.17) is 4.74 Å². The zero-order chi connectivity index (χ0) is 12.8. The van der Waals surface area contributed by atoms with Crippen LogP contribution in [-0.4, -0.2) is 37.7 Å². The molecule has 0 bridgehead atoms. The summed E-state index contributed by atoms with van der Waals surface area (Å²) in [5, 5.41) is 3.41. The average Bonchev–Trinajstić information content (AvgIpc) is 2.42. The quantitative estimate of drug-likeness (QED) is 0.866. The van der Waals surface area contributed by atoms with Crippen molar-refractivity contribution in [2.24, 2.45) is 0 Å². The van der Waals surface area contributed by atoms with Crippen LogP contribution in [0.2, 0.25) is 0 Å². The molecule has 0 amide bonds. The Kier molecular flexibility index (Phi) is 5.02. The van der Waals surface area contributed by atoms with Gasteiger partial charge in [-0.25, -0.2) is 0 Å². The molecule has 0 spiro atoms. The maximum absolute atomic E-state index is 5.60. The molecule has 1 fully saturated rings. The largest absolute Gasteiger partial charge is 0.494 e. The molecule has 1 aliphatic rings. The monoisotopic (exact) mass is 248 g/mol. The Morgan fingerprint density at radius 2 is 2.06 bits per heavy atom. The lowest BCUT2D eigenvalue weighted by Crippen LogP contribution is -2.45. The van der Waals surface area contributed by atoms with E-state index in [-0.39, 0.29) is 0 Å². The topological polar surface area (TPSA) is 24.5 Å². The fourth-order valence-corrected chi connectivity index (χ4v) is 2.68. The highest BCUT2D eigenvalue weighted by Gasteiger charge is 2.20. The number of piperazine rings is 1. The fourth-order valence-electron chi connectivity index (χ4n) is 2.68. The first kappa shape index (κ1) is 13.4. The van der Waals surface area contributed by atoms with Gasteiger partial charge in [-0.15, -0.1) is 0 Å². The van der Waals surface area contributed by atoms with Gasteiger partial charge < -0.3 is 10.1 Å². The molecule has 1 saturated heterocycles. The van der Waals surface area contributed by atoms with E-state index in [9.17, 15) is 0 Å². The molecule has 1 aromatic rings. The zero-order valence-electron chi connectivity index (χ0n) is 11.5. The third kappa shape index (κ3) is 3.24. The minimum absolute atomic E-state index is 0.521. The third-order valence-corrected chi connectivity index (χ3v) is 3.53. The van der Waals surface area contributed by atoms with E-state index in [0.29, 0.717) is 6.04 Å². The minimum Gasteiger partial charge on any atom is -0.494 e. The summed E-state index contributed by atoms with van der Waals surface area (Å²) in [7, 11) is 0. The first-order valence-corrected chi connectivity index (χ1v) is 7.02. The molecule has 1 aliphatic heterocycles. The molecule has 0 radical (unpaired) electrons. The fraction of sp³-hybridized carbons (Fsp3) is 0.600. The number of hydrogen-bond acceptors (Lipinski definition) is 3. The van der Waals surface area contributed by atoms with Gasteiger partial charge in [0.2, 0.25) is 0 Å². The Morgan fingerprint density at radius 3 is 2.72 bits per heavy atom. The molecule has 0 aromatic heterocycles. The smallest absolute Gasteiger partial charge is 0.119 e. The highest BCUT2D eigenvalue weighted by atomic mass is 16.5. The van der Waals surface area contributed by atoms with Crippen LogP contribution in [-0.2, 0) is 0 Å². The van der Waals surface area contributed by atoms with Crippen molar-refractivity contribution in [3.05, 3.63) is 29.8 Å². The Bertz CT molecular complexity index is 361. The van der Waals surface area contributed by atoms with E-state index in [2.05, 4.69) is 35.3 Å².